The molecule has 0 saturated carbocycles. The second kappa shape index (κ2) is 6.79. The number of amides is 1. The normalized spacial score (nSPS) is 19.1. The molecule has 1 amide bonds. The predicted octanol–water partition coefficient (Wildman–Crippen LogP) is 1.36. The molecule has 22 heavy (non-hydrogen) atoms. The lowest BCUT2D eigenvalue weighted by molar-refractivity contribution is -0.148. The number of aliphatic carboxylic acids is 1. The number of carbonyl (C=O) groups is 3. The molecule has 2 atom stereocenters. The van der Waals surface area contributed by atoms with Crippen LogP contribution in [0.25, 0.3) is 0 Å². The zero-order valence-corrected chi connectivity index (χ0v) is 12.7. The van der Waals surface area contributed by atoms with Crippen molar-refractivity contribution in [2.24, 2.45) is 5.92 Å². The first-order valence-electron chi connectivity index (χ1n) is 6.77. The Kier molecular flexibility index (Phi) is 5.03. The number of carbonyl (C=O) groups excluding carboxylic acids is 2. The van der Waals surface area contributed by atoms with Crippen molar-refractivity contribution >= 4 is 29.4 Å². The van der Waals surface area contributed by atoms with Crippen LogP contribution in [0.4, 0.5) is 0 Å². The molecule has 0 aliphatic carbocycles. The lowest BCUT2D eigenvalue weighted by atomic mass is 10.0. The predicted molar refractivity (Wildman–Crippen MR) is 78.4 cm³/mol. The van der Waals surface area contributed by atoms with Crippen LogP contribution < -0.4 is 0 Å². The van der Waals surface area contributed by atoms with Crippen LogP contribution in [-0.2, 0) is 25.5 Å². The fraction of sp³-hybridized carbons (Fsp3) is 0.400. The number of esters is 1. The van der Waals surface area contributed by atoms with Crippen LogP contribution in [0.2, 0.25) is 5.02 Å². The van der Waals surface area contributed by atoms with Crippen molar-refractivity contribution in [3.63, 3.8) is 0 Å². The number of carboxylic acid groups (broad SMARTS) is 1. The lowest BCUT2D eigenvalue weighted by Crippen LogP contribution is -2.44. The summed E-state index contributed by atoms with van der Waals surface area (Å²) in [6, 6.07) is 5.83. The molecule has 1 aromatic carbocycles. The fourth-order valence-electron chi connectivity index (χ4n) is 2.56. The van der Waals surface area contributed by atoms with Gasteiger partial charge in [-0.15, -0.1) is 0 Å². The first kappa shape index (κ1) is 16.3. The molecule has 7 heteroatoms. The lowest BCUT2D eigenvalue weighted by Gasteiger charge is -2.25. The number of likely N-dealkylation sites (tertiary alicyclic amines) is 1. The molecule has 1 unspecified atom stereocenters. The smallest absolute Gasteiger partial charge is 0.326 e. The minimum absolute atomic E-state index is 0.0288. The summed E-state index contributed by atoms with van der Waals surface area (Å²) in [5.41, 5.74) is 0.644. The average Bonchev–Trinajstić information content (AvgIpc) is 2.87. The number of nitrogens with zero attached hydrogens (tertiary/aromatic N) is 1. The van der Waals surface area contributed by atoms with Crippen molar-refractivity contribution in [2.75, 3.05) is 13.7 Å². The number of hydrogen-bond donors (Lipinski definition) is 1. The van der Waals surface area contributed by atoms with Crippen molar-refractivity contribution in [3.05, 3.63) is 34.9 Å². The number of benzene rings is 1. The van der Waals surface area contributed by atoms with Gasteiger partial charge in [-0.25, -0.2) is 4.79 Å². The maximum absolute atomic E-state index is 12.0. The Morgan fingerprint density at radius 1 is 1.45 bits per heavy atom. The van der Waals surface area contributed by atoms with Crippen LogP contribution in [-0.4, -0.2) is 47.5 Å². The molecular formula is C15H16ClNO5. The van der Waals surface area contributed by atoms with Crippen LogP contribution in [0.15, 0.2) is 24.3 Å². The molecule has 1 aromatic rings. The largest absolute Gasteiger partial charge is 0.480 e. The number of rotatable bonds is 5. The Labute approximate surface area is 132 Å². The van der Waals surface area contributed by atoms with E-state index in [0.717, 1.165) is 0 Å². The Morgan fingerprint density at radius 3 is 2.73 bits per heavy atom. The summed E-state index contributed by atoms with van der Waals surface area (Å²) >= 11 is 6.05. The van der Waals surface area contributed by atoms with Crippen molar-refractivity contribution in [2.45, 2.75) is 18.9 Å². The van der Waals surface area contributed by atoms with Gasteiger partial charge in [0.15, 0.2) is 0 Å². The summed E-state index contributed by atoms with van der Waals surface area (Å²) < 4.78 is 4.62. The summed E-state index contributed by atoms with van der Waals surface area (Å²) in [7, 11) is 1.24. The Hall–Kier alpha value is -2.08. The van der Waals surface area contributed by atoms with Gasteiger partial charge in [0.05, 0.1) is 13.0 Å². The number of ether oxygens (including phenoxy) is 1. The van der Waals surface area contributed by atoms with Gasteiger partial charge in [-0.1, -0.05) is 29.8 Å². The molecule has 1 saturated heterocycles. The Morgan fingerprint density at radius 2 is 2.14 bits per heavy atom. The quantitative estimate of drug-likeness (QED) is 0.826. The van der Waals surface area contributed by atoms with Crippen molar-refractivity contribution < 1.29 is 24.2 Å². The average molecular weight is 326 g/mol. The van der Waals surface area contributed by atoms with Crippen LogP contribution >= 0.6 is 11.6 Å². The van der Waals surface area contributed by atoms with Gasteiger partial charge in [-0.3, -0.25) is 9.59 Å². The van der Waals surface area contributed by atoms with Gasteiger partial charge in [0.1, 0.15) is 6.04 Å². The molecule has 0 aromatic heterocycles. The molecule has 0 bridgehead atoms. The highest BCUT2D eigenvalue weighted by atomic mass is 35.5. The molecule has 1 heterocycles. The second-order valence-corrected chi connectivity index (χ2v) is 5.53. The number of hydrogen-bond acceptors (Lipinski definition) is 4. The van der Waals surface area contributed by atoms with E-state index in [0.29, 0.717) is 10.6 Å². The number of methoxy groups -OCH3 is 1. The van der Waals surface area contributed by atoms with E-state index in [1.165, 1.54) is 12.0 Å². The third-order valence-corrected chi connectivity index (χ3v) is 4.09. The van der Waals surface area contributed by atoms with Gasteiger partial charge in [0.2, 0.25) is 5.91 Å². The van der Waals surface area contributed by atoms with Crippen molar-refractivity contribution in [1.29, 1.82) is 0 Å². The van der Waals surface area contributed by atoms with Gasteiger partial charge in [-0.05, 0) is 11.6 Å². The minimum Gasteiger partial charge on any atom is -0.480 e. The number of carboxylic acids is 1. The van der Waals surface area contributed by atoms with E-state index in [4.69, 9.17) is 11.6 Å². The monoisotopic (exact) mass is 325 g/mol. The first-order chi connectivity index (χ1) is 10.4. The van der Waals surface area contributed by atoms with Crippen LogP contribution in [0.5, 0.6) is 0 Å². The van der Waals surface area contributed by atoms with E-state index >= 15 is 0 Å². The highest BCUT2D eigenvalue weighted by Crippen LogP contribution is 2.25. The summed E-state index contributed by atoms with van der Waals surface area (Å²) in [5, 5.41) is 9.88. The maximum Gasteiger partial charge on any atom is 0.326 e. The Bertz CT molecular complexity index is 603. The summed E-state index contributed by atoms with van der Waals surface area (Å²) in [5.74, 6) is -2.61. The molecule has 6 nitrogen and oxygen atoms in total. The maximum atomic E-state index is 12.0. The van der Waals surface area contributed by atoms with Gasteiger partial charge >= 0.3 is 11.9 Å². The second-order valence-electron chi connectivity index (χ2n) is 5.12. The van der Waals surface area contributed by atoms with Crippen molar-refractivity contribution in [1.82, 2.24) is 4.90 Å². The summed E-state index contributed by atoms with van der Waals surface area (Å²) in [6.45, 7) is 0.0485. The standard InChI is InChI=1S/C15H16ClNO5/c1-22-15(21)10-7-13(18)17(8-10)12(14(19)20)6-9-4-2-3-5-11(9)16/h2-5,10,12H,6-8H2,1H3,(H,19,20)/t10?,12-/m0/s1. The van der Waals surface area contributed by atoms with E-state index < -0.39 is 23.9 Å². The molecule has 1 aliphatic heterocycles. The zero-order valence-electron chi connectivity index (χ0n) is 12.0. The van der Waals surface area contributed by atoms with Gasteiger partial charge < -0.3 is 14.7 Å². The van der Waals surface area contributed by atoms with Gasteiger partial charge in [0, 0.05) is 24.4 Å². The summed E-state index contributed by atoms with van der Waals surface area (Å²) in [4.78, 5) is 36.3. The molecule has 118 valence electrons. The van der Waals surface area contributed by atoms with E-state index in [1.54, 1.807) is 24.3 Å². The van der Waals surface area contributed by atoms with Gasteiger partial charge in [-0.2, -0.15) is 0 Å². The van der Waals surface area contributed by atoms with Crippen LogP contribution in [0.3, 0.4) is 0 Å². The first-order valence-corrected chi connectivity index (χ1v) is 7.15. The highest BCUT2D eigenvalue weighted by molar-refractivity contribution is 6.31. The van der Waals surface area contributed by atoms with Crippen LogP contribution in [0.1, 0.15) is 12.0 Å². The molecule has 1 N–H and O–H groups in total. The molecule has 1 fully saturated rings. The zero-order chi connectivity index (χ0) is 16.3. The minimum atomic E-state index is -1.13. The number of halogens is 1. The third kappa shape index (κ3) is 3.39. The van der Waals surface area contributed by atoms with Gasteiger partial charge in [0.25, 0.3) is 0 Å². The molecule has 0 radical (unpaired) electrons. The van der Waals surface area contributed by atoms with E-state index in [1.807, 2.05) is 0 Å². The highest BCUT2D eigenvalue weighted by Gasteiger charge is 2.41. The topological polar surface area (TPSA) is 83.9 Å². The van der Waals surface area contributed by atoms with E-state index in [-0.39, 0.29) is 25.3 Å². The fourth-order valence-corrected chi connectivity index (χ4v) is 2.77. The summed E-state index contributed by atoms with van der Waals surface area (Å²) in [6.07, 6.45) is 0.0631. The molecule has 0 spiro atoms. The van der Waals surface area contributed by atoms with Crippen molar-refractivity contribution in [3.8, 4) is 0 Å². The van der Waals surface area contributed by atoms with Crippen LogP contribution in [0, 0.1) is 5.92 Å². The third-order valence-electron chi connectivity index (χ3n) is 3.73. The SMILES string of the molecule is COC(=O)C1CC(=O)N([C@@H](Cc2ccccc2Cl)C(=O)O)C1. The Balaban J connectivity index is 2.19. The molecule has 2 rings (SSSR count). The van der Waals surface area contributed by atoms with E-state index in [9.17, 15) is 19.5 Å². The van der Waals surface area contributed by atoms with E-state index in [2.05, 4.69) is 4.74 Å². The molecule has 1 aliphatic rings. The molecular weight excluding hydrogens is 310 g/mol.